The number of benzene rings is 1. The fourth-order valence-corrected chi connectivity index (χ4v) is 2.15. The van der Waals surface area contributed by atoms with Crippen molar-refractivity contribution in [1.29, 1.82) is 0 Å². The van der Waals surface area contributed by atoms with Gasteiger partial charge in [-0.05, 0) is 46.0 Å². The Kier molecular flexibility index (Phi) is 2.73. The van der Waals surface area contributed by atoms with Gasteiger partial charge < -0.3 is 0 Å². The van der Waals surface area contributed by atoms with E-state index in [1.165, 1.54) is 14.0 Å². The van der Waals surface area contributed by atoms with Crippen LogP contribution in [-0.4, -0.2) is 11.9 Å². The van der Waals surface area contributed by atoms with Crippen LogP contribution in [0.15, 0.2) is 18.2 Å². The van der Waals surface area contributed by atoms with E-state index in [4.69, 9.17) is 0 Å². The summed E-state index contributed by atoms with van der Waals surface area (Å²) in [6, 6.07) is 6.79. The largest absolute Gasteiger partial charge is 0.291 e. The molecule has 0 spiro atoms. The van der Waals surface area contributed by atoms with E-state index < -0.39 is 0 Å². The van der Waals surface area contributed by atoms with Crippen LogP contribution in [0.4, 0.5) is 0 Å². The molecule has 3 rings (SSSR count). The summed E-state index contributed by atoms with van der Waals surface area (Å²) in [6.07, 6.45) is 0.611. The van der Waals surface area contributed by atoms with Crippen molar-refractivity contribution in [3.8, 4) is 0 Å². The number of hydrogen-bond donors (Lipinski definition) is 2. The summed E-state index contributed by atoms with van der Waals surface area (Å²) in [6.45, 7) is 1.96. The third-order valence-electron chi connectivity index (χ3n) is 2.23. The molecule has 1 atom stereocenters. The molecule has 4 heteroatoms. The van der Waals surface area contributed by atoms with Gasteiger partial charge in [0.15, 0.2) is 0 Å². The summed E-state index contributed by atoms with van der Waals surface area (Å²) in [5.41, 5.74) is 5.25. The van der Waals surface area contributed by atoms with Crippen LogP contribution in [0, 0.1) is 14.0 Å². The average Bonchev–Trinajstić information content (AvgIpc) is 2.46. The van der Waals surface area contributed by atoms with Gasteiger partial charge >= 0.3 is 0 Å². The van der Waals surface area contributed by atoms with Gasteiger partial charge in [-0.3, -0.25) is 10.2 Å². The minimum absolute atomic E-state index is 0.0903. The molecule has 0 aromatic heterocycles. The van der Waals surface area contributed by atoms with Gasteiger partial charge in [0.25, 0.3) is 0 Å². The standard InChI is InChI=1S/C6H3I.C4H8N2O/c7-6-3-4-1-2-5(4)6;1-3-2-4(7)6-5-3/h1-3H;3,5H,2H2,1H3,(H,6,7). The Morgan fingerprint density at radius 2 is 2.29 bits per heavy atom. The molecule has 0 aromatic rings. The van der Waals surface area contributed by atoms with Crippen molar-refractivity contribution in [3.05, 3.63) is 32.2 Å². The Hall–Kier alpha value is -0.620. The van der Waals surface area contributed by atoms with Crippen LogP contribution >= 0.6 is 22.6 Å². The summed E-state index contributed by atoms with van der Waals surface area (Å²) < 4.78 is 1.41. The molecular weight excluding hydrogens is 291 g/mol. The smallest absolute Gasteiger partial charge is 0.235 e. The van der Waals surface area contributed by atoms with E-state index in [0.29, 0.717) is 12.5 Å². The minimum atomic E-state index is 0.0903. The van der Waals surface area contributed by atoms with Crippen LogP contribution in [0.25, 0.3) is 0 Å². The number of rotatable bonds is 0. The molecule has 1 amide bonds. The first-order valence-corrected chi connectivity index (χ1v) is 5.59. The summed E-state index contributed by atoms with van der Waals surface area (Å²) in [5.74, 6) is 0.0903. The maximum Gasteiger partial charge on any atom is 0.235 e. The maximum absolute atomic E-state index is 10.3. The zero-order valence-corrected chi connectivity index (χ0v) is 9.96. The van der Waals surface area contributed by atoms with E-state index >= 15 is 0 Å². The number of carbonyl (C=O) groups excluding carboxylic acids is 1. The van der Waals surface area contributed by atoms with Crippen molar-refractivity contribution >= 4 is 28.5 Å². The second-order valence-electron chi connectivity index (χ2n) is 3.49. The van der Waals surface area contributed by atoms with Crippen LogP contribution in [0.1, 0.15) is 13.3 Å². The average molecular weight is 302 g/mol. The Bertz CT molecular complexity index is 458. The van der Waals surface area contributed by atoms with Gasteiger partial charge in [0, 0.05) is 16.0 Å². The Balaban J connectivity index is 0.000000107. The highest BCUT2D eigenvalue weighted by Crippen LogP contribution is 2.16. The zero-order valence-electron chi connectivity index (χ0n) is 7.80. The Morgan fingerprint density at radius 3 is 2.36 bits per heavy atom. The number of hydrazine groups is 1. The predicted octanol–water partition coefficient (Wildman–Crippen LogP) is 1.29. The molecule has 0 radical (unpaired) electrons. The van der Waals surface area contributed by atoms with Crippen LogP contribution in [0.5, 0.6) is 0 Å². The normalized spacial score (nSPS) is 21.0. The van der Waals surface area contributed by atoms with Gasteiger partial charge in [0.05, 0.1) is 0 Å². The second-order valence-corrected chi connectivity index (χ2v) is 4.65. The summed E-state index contributed by atoms with van der Waals surface area (Å²) in [5, 5.41) is 2.89. The molecule has 74 valence electrons. The lowest BCUT2D eigenvalue weighted by Gasteiger charge is -2.02. The molecule has 1 fully saturated rings. The first-order chi connectivity index (χ1) is 6.66. The first kappa shape index (κ1) is 9.92. The van der Waals surface area contributed by atoms with Crippen molar-refractivity contribution in [2.45, 2.75) is 19.4 Å². The molecule has 1 heterocycles. The third kappa shape index (κ3) is 1.90. The van der Waals surface area contributed by atoms with E-state index in [2.05, 4.69) is 51.6 Å². The van der Waals surface area contributed by atoms with Crippen LogP contribution in [0.3, 0.4) is 0 Å². The lowest BCUT2D eigenvalue weighted by atomic mass is 10.1. The minimum Gasteiger partial charge on any atom is -0.291 e. The van der Waals surface area contributed by atoms with Crippen molar-refractivity contribution in [2.24, 2.45) is 0 Å². The Labute approximate surface area is 95.7 Å². The fourth-order valence-electron chi connectivity index (χ4n) is 1.33. The number of halogens is 1. The molecule has 3 nitrogen and oxygen atoms in total. The SMILES string of the molecule is CC1CC(=O)NN1.Ic1cc2ccc1=2. The maximum atomic E-state index is 10.3. The summed E-state index contributed by atoms with van der Waals surface area (Å²) in [7, 11) is 0. The number of nitrogens with one attached hydrogen (secondary N) is 2. The molecule has 1 aliphatic heterocycles. The number of amides is 1. The highest BCUT2D eigenvalue weighted by molar-refractivity contribution is 14.1. The van der Waals surface area contributed by atoms with Crippen molar-refractivity contribution in [2.75, 3.05) is 0 Å². The van der Waals surface area contributed by atoms with E-state index in [1.807, 2.05) is 6.92 Å². The molecule has 1 unspecified atom stereocenters. The highest BCUT2D eigenvalue weighted by Gasteiger charge is 2.14. The molecule has 14 heavy (non-hydrogen) atoms. The molecule has 0 bridgehead atoms. The van der Waals surface area contributed by atoms with Crippen LogP contribution in [-0.2, 0) is 4.79 Å². The van der Waals surface area contributed by atoms with Gasteiger partial charge in [-0.2, -0.15) is 0 Å². The van der Waals surface area contributed by atoms with E-state index in [0.717, 1.165) is 0 Å². The lowest BCUT2D eigenvalue weighted by molar-refractivity contribution is -0.119. The Morgan fingerprint density at radius 1 is 1.50 bits per heavy atom. The monoisotopic (exact) mass is 302 g/mol. The van der Waals surface area contributed by atoms with Crippen molar-refractivity contribution in [1.82, 2.24) is 10.9 Å². The molecule has 2 aliphatic carbocycles. The van der Waals surface area contributed by atoms with Gasteiger partial charge in [-0.25, -0.2) is 5.43 Å². The quantitative estimate of drug-likeness (QED) is 0.720. The summed E-state index contributed by atoms with van der Waals surface area (Å²) in [4.78, 5) is 10.3. The fraction of sp³-hybridized carbons (Fsp3) is 0.300. The first-order valence-electron chi connectivity index (χ1n) is 4.51. The van der Waals surface area contributed by atoms with Crippen molar-refractivity contribution < 1.29 is 4.79 Å². The number of carbonyl (C=O) groups is 1. The lowest BCUT2D eigenvalue weighted by Crippen LogP contribution is -2.29. The molecule has 1 saturated heterocycles. The molecule has 0 saturated carbocycles. The second kappa shape index (κ2) is 3.86. The van der Waals surface area contributed by atoms with Crippen LogP contribution in [0.2, 0.25) is 0 Å². The molecule has 0 aromatic carbocycles. The molecular formula is C10H11IN2O. The predicted molar refractivity (Wildman–Crippen MR) is 62.2 cm³/mol. The van der Waals surface area contributed by atoms with E-state index in [-0.39, 0.29) is 5.91 Å². The van der Waals surface area contributed by atoms with E-state index in [1.54, 1.807) is 0 Å². The van der Waals surface area contributed by atoms with Gasteiger partial charge in [-0.1, -0.05) is 12.1 Å². The van der Waals surface area contributed by atoms with Gasteiger partial charge in [0.2, 0.25) is 5.91 Å². The van der Waals surface area contributed by atoms with E-state index in [9.17, 15) is 4.79 Å². The molecule has 3 aliphatic rings. The number of hydrogen-bond acceptors (Lipinski definition) is 2. The molecule has 2 N–H and O–H groups in total. The topological polar surface area (TPSA) is 41.1 Å². The third-order valence-corrected chi connectivity index (χ3v) is 3.12. The van der Waals surface area contributed by atoms with Gasteiger partial charge in [-0.15, -0.1) is 0 Å². The highest BCUT2D eigenvalue weighted by atomic mass is 127. The summed E-state index contributed by atoms with van der Waals surface area (Å²) >= 11 is 2.34. The van der Waals surface area contributed by atoms with Crippen molar-refractivity contribution in [3.63, 3.8) is 0 Å². The van der Waals surface area contributed by atoms with Crippen LogP contribution < -0.4 is 10.9 Å². The van der Waals surface area contributed by atoms with Gasteiger partial charge in [0.1, 0.15) is 0 Å². The zero-order chi connectivity index (χ0) is 10.1.